The smallest absolute Gasteiger partial charge is 0.146 e. The van der Waals surface area contributed by atoms with Crippen LogP contribution in [0.1, 0.15) is 25.6 Å². The molecule has 0 fully saturated rings. The Morgan fingerprint density at radius 1 is 1.35 bits per heavy atom. The molecule has 0 atom stereocenters. The van der Waals surface area contributed by atoms with Crippen LogP contribution >= 0.6 is 11.5 Å². The van der Waals surface area contributed by atoms with Crippen molar-refractivity contribution >= 4 is 27.6 Å². The number of anilines is 1. The molecule has 0 unspecified atom stereocenters. The molecule has 0 aliphatic rings. The summed E-state index contributed by atoms with van der Waals surface area (Å²) in [5, 5.41) is 0.639. The van der Waals surface area contributed by atoms with Crippen LogP contribution in [0.25, 0.3) is 22.4 Å². The fourth-order valence-corrected chi connectivity index (χ4v) is 3.08. The molecule has 1 aromatic carbocycles. The number of fused-ring (bicyclic) bond motifs is 1. The molecule has 6 heteroatoms. The van der Waals surface area contributed by atoms with Crippen molar-refractivity contribution in [3.8, 4) is 11.4 Å². The Balaban J connectivity index is 2.39. The quantitative estimate of drug-likeness (QED) is 0.781. The third-order valence-corrected chi connectivity index (χ3v) is 4.05. The number of nitrogens with two attached hydrogens (primary N) is 1. The van der Waals surface area contributed by atoms with Crippen LogP contribution in [0.2, 0.25) is 0 Å². The van der Waals surface area contributed by atoms with Gasteiger partial charge in [-0.05, 0) is 50.5 Å². The molecule has 3 aromatic rings. The average Bonchev–Trinajstić information content (AvgIpc) is 2.89. The summed E-state index contributed by atoms with van der Waals surface area (Å²) in [5.74, 6) is 0.489. The SMILES string of the molecule is Cc1nsc(N)c1-c1nc2ccc(F)cc2n1C(C)C. The van der Waals surface area contributed by atoms with E-state index in [0.717, 1.165) is 28.1 Å². The van der Waals surface area contributed by atoms with Gasteiger partial charge < -0.3 is 10.3 Å². The molecule has 2 aromatic heterocycles. The molecule has 0 radical (unpaired) electrons. The zero-order valence-corrected chi connectivity index (χ0v) is 12.3. The number of aryl methyl sites for hydroxylation is 1. The first kappa shape index (κ1) is 13.1. The summed E-state index contributed by atoms with van der Waals surface area (Å²) in [6.45, 7) is 5.99. The number of imidazole rings is 1. The summed E-state index contributed by atoms with van der Waals surface area (Å²) >= 11 is 1.26. The van der Waals surface area contributed by atoms with Crippen molar-refractivity contribution in [2.75, 3.05) is 5.73 Å². The van der Waals surface area contributed by atoms with Crippen LogP contribution in [-0.4, -0.2) is 13.9 Å². The molecule has 20 heavy (non-hydrogen) atoms. The number of hydrogen-bond donors (Lipinski definition) is 1. The lowest BCUT2D eigenvalue weighted by molar-refractivity contribution is 0.613. The van der Waals surface area contributed by atoms with Crippen molar-refractivity contribution in [2.45, 2.75) is 26.8 Å². The summed E-state index contributed by atoms with van der Waals surface area (Å²) in [7, 11) is 0. The minimum atomic E-state index is -0.265. The van der Waals surface area contributed by atoms with Gasteiger partial charge in [0.15, 0.2) is 0 Å². The van der Waals surface area contributed by atoms with E-state index < -0.39 is 0 Å². The molecule has 0 spiro atoms. The van der Waals surface area contributed by atoms with Crippen LogP contribution in [0.4, 0.5) is 9.39 Å². The minimum absolute atomic E-state index is 0.149. The Kier molecular flexibility index (Phi) is 2.97. The molecule has 2 heterocycles. The second-order valence-electron chi connectivity index (χ2n) is 5.04. The van der Waals surface area contributed by atoms with Crippen molar-refractivity contribution in [2.24, 2.45) is 0 Å². The van der Waals surface area contributed by atoms with Gasteiger partial charge in [-0.3, -0.25) is 0 Å². The Bertz CT molecular complexity index is 768. The molecule has 4 nitrogen and oxygen atoms in total. The number of nitrogen functional groups attached to an aromatic ring is 1. The lowest BCUT2D eigenvalue weighted by Gasteiger charge is -2.13. The molecule has 0 aliphatic heterocycles. The van der Waals surface area contributed by atoms with E-state index in [9.17, 15) is 4.39 Å². The second-order valence-corrected chi connectivity index (χ2v) is 5.84. The van der Waals surface area contributed by atoms with Crippen molar-refractivity contribution in [1.82, 2.24) is 13.9 Å². The first-order chi connectivity index (χ1) is 9.49. The van der Waals surface area contributed by atoms with Crippen LogP contribution < -0.4 is 5.73 Å². The topological polar surface area (TPSA) is 56.7 Å². The normalized spacial score (nSPS) is 11.7. The van der Waals surface area contributed by atoms with E-state index in [1.54, 1.807) is 6.07 Å². The Hall–Kier alpha value is -1.95. The highest BCUT2D eigenvalue weighted by molar-refractivity contribution is 7.10. The summed E-state index contributed by atoms with van der Waals surface area (Å²) in [6, 6.07) is 4.77. The van der Waals surface area contributed by atoms with Gasteiger partial charge in [0, 0.05) is 6.04 Å². The van der Waals surface area contributed by atoms with Gasteiger partial charge in [-0.1, -0.05) is 0 Å². The van der Waals surface area contributed by atoms with Gasteiger partial charge in [0.1, 0.15) is 16.6 Å². The minimum Gasteiger partial charge on any atom is -0.389 e. The predicted molar refractivity (Wildman–Crippen MR) is 80.3 cm³/mol. The summed E-state index contributed by atoms with van der Waals surface area (Å²) in [5.41, 5.74) is 9.26. The zero-order valence-electron chi connectivity index (χ0n) is 11.5. The first-order valence-electron chi connectivity index (χ1n) is 6.38. The van der Waals surface area contributed by atoms with E-state index in [-0.39, 0.29) is 11.9 Å². The fourth-order valence-electron chi connectivity index (χ4n) is 2.42. The number of halogens is 1. The largest absolute Gasteiger partial charge is 0.389 e. The van der Waals surface area contributed by atoms with E-state index in [2.05, 4.69) is 9.36 Å². The highest BCUT2D eigenvalue weighted by Gasteiger charge is 2.20. The zero-order chi connectivity index (χ0) is 14.4. The van der Waals surface area contributed by atoms with Gasteiger partial charge in [-0.15, -0.1) is 0 Å². The van der Waals surface area contributed by atoms with Crippen LogP contribution in [0.15, 0.2) is 18.2 Å². The van der Waals surface area contributed by atoms with Gasteiger partial charge >= 0.3 is 0 Å². The summed E-state index contributed by atoms with van der Waals surface area (Å²) in [4.78, 5) is 4.62. The summed E-state index contributed by atoms with van der Waals surface area (Å²) in [6.07, 6.45) is 0. The summed E-state index contributed by atoms with van der Waals surface area (Å²) < 4.78 is 19.8. The highest BCUT2D eigenvalue weighted by Crippen LogP contribution is 2.35. The van der Waals surface area contributed by atoms with Crippen molar-refractivity contribution in [3.05, 3.63) is 29.7 Å². The molecule has 0 bridgehead atoms. The fraction of sp³-hybridized carbons (Fsp3) is 0.286. The van der Waals surface area contributed by atoms with Crippen LogP contribution in [0.3, 0.4) is 0 Å². The maximum absolute atomic E-state index is 13.5. The van der Waals surface area contributed by atoms with E-state index in [4.69, 9.17) is 5.73 Å². The molecule has 2 N–H and O–H groups in total. The third kappa shape index (κ3) is 1.87. The molecule has 104 valence electrons. The predicted octanol–water partition coefficient (Wildman–Crippen LogP) is 3.77. The molecule has 3 rings (SSSR count). The van der Waals surface area contributed by atoms with E-state index >= 15 is 0 Å². The molecular weight excluding hydrogens is 275 g/mol. The monoisotopic (exact) mass is 290 g/mol. The number of aromatic nitrogens is 3. The molecule has 0 amide bonds. The number of hydrogen-bond acceptors (Lipinski definition) is 4. The van der Waals surface area contributed by atoms with Crippen molar-refractivity contribution in [1.29, 1.82) is 0 Å². The lowest BCUT2D eigenvalue weighted by Crippen LogP contribution is -2.04. The van der Waals surface area contributed by atoms with Crippen LogP contribution in [-0.2, 0) is 0 Å². The number of nitrogens with zero attached hydrogens (tertiary/aromatic N) is 3. The number of benzene rings is 1. The Labute approximate surface area is 120 Å². The maximum atomic E-state index is 13.5. The van der Waals surface area contributed by atoms with Gasteiger partial charge in [0.2, 0.25) is 0 Å². The standard InChI is InChI=1S/C14H15FN4S/c1-7(2)19-11-6-9(15)4-5-10(11)17-14(19)12-8(3)18-20-13(12)16/h4-7H,16H2,1-3H3. The Morgan fingerprint density at radius 2 is 2.10 bits per heavy atom. The van der Waals surface area contributed by atoms with Crippen LogP contribution in [0.5, 0.6) is 0 Å². The van der Waals surface area contributed by atoms with Crippen LogP contribution in [0, 0.1) is 12.7 Å². The van der Waals surface area contributed by atoms with Crippen molar-refractivity contribution < 1.29 is 4.39 Å². The van der Waals surface area contributed by atoms with Gasteiger partial charge in [-0.25, -0.2) is 9.37 Å². The van der Waals surface area contributed by atoms with E-state index in [0.29, 0.717) is 5.00 Å². The van der Waals surface area contributed by atoms with Gasteiger partial charge in [-0.2, -0.15) is 4.37 Å². The van der Waals surface area contributed by atoms with Gasteiger partial charge in [0.25, 0.3) is 0 Å². The number of rotatable bonds is 2. The second kappa shape index (κ2) is 4.56. The molecule has 0 aliphatic carbocycles. The molecular formula is C14H15FN4S. The maximum Gasteiger partial charge on any atom is 0.146 e. The third-order valence-electron chi connectivity index (χ3n) is 3.28. The van der Waals surface area contributed by atoms with Gasteiger partial charge in [0.05, 0.1) is 22.3 Å². The lowest BCUT2D eigenvalue weighted by atomic mass is 10.2. The van der Waals surface area contributed by atoms with Crippen molar-refractivity contribution in [3.63, 3.8) is 0 Å². The molecule has 0 saturated carbocycles. The average molecular weight is 290 g/mol. The first-order valence-corrected chi connectivity index (χ1v) is 7.16. The molecule has 0 saturated heterocycles. The van der Waals surface area contributed by atoms with E-state index in [1.165, 1.54) is 23.7 Å². The Morgan fingerprint density at radius 3 is 2.70 bits per heavy atom. The highest BCUT2D eigenvalue weighted by atomic mass is 32.1. The van der Waals surface area contributed by atoms with E-state index in [1.807, 2.05) is 25.3 Å².